The topological polar surface area (TPSA) is 91.2 Å². The number of hydrogen-bond donors (Lipinski definition) is 1. The summed E-state index contributed by atoms with van der Waals surface area (Å²) in [6.45, 7) is 1.26. The average molecular weight is 383 g/mol. The first kappa shape index (κ1) is 18.1. The van der Waals surface area contributed by atoms with Crippen molar-refractivity contribution in [3.63, 3.8) is 0 Å². The molecule has 0 spiro atoms. The van der Waals surface area contributed by atoms with Gasteiger partial charge in [-0.05, 0) is 36.4 Å². The van der Waals surface area contributed by atoms with Gasteiger partial charge in [-0.1, -0.05) is 0 Å². The second kappa shape index (κ2) is 8.13. The lowest BCUT2D eigenvalue weighted by atomic mass is 10.2. The van der Waals surface area contributed by atoms with Gasteiger partial charge in [0.25, 0.3) is 5.91 Å². The quantitative estimate of drug-likeness (QED) is 0.699. The first-order valence-electron chi connectivity index (χ1n) is 8.83. The molecule has 9 heteroatoms. The summed E-state index contributed by atoms with van der Waals surface area (Å²) in [5, 5.41) is 10.7. The van der Waals surface area contributed by atoms with Crippen molar-refractivity contribution in [2.24, 2.45) is 0 Å². The third-order valence-electron chi connectivity index (χ3n) is 4.31. The van der Waals surface area contributed by atoms with E-state index in [1.165, 1.54) is 18.5 Å². The fraction of sp³-hybridized carbons (Fsp3) is 0.263. The van der Waals surface area contributed by atoms with E-state index in [1.807, 2.05) is 0 Å². The summed E-state index contributed by atoms with van der Waals surface area (Å²) in [6, 6.07) is 9.25. The number of nitrogens with zero attached hydrogens (tertiary/aromatic N) is 4. The Bertz CT molecular complexity index is 954. The van der Waals surface area contributed by atoms with Crippen LogP contribution in [0.2, 0.25) is 0 Å². The molecule has 1 N–H and O–H groups in total. The summed E-state index contributed by atoms with van der Waals surface area (Å²) in [6.07, 6.45) is 3.74. The predicted molar refractivity (Wildman–Crippen MR) is 96.6 cm³/mol. The summed E-state index contributed by atoms with van der Waals surface area (Å²) in [5.41, 5.74) is 1.03. The molecule has 1 aliphatic heterocycles. The zero-order valence-electron chi connectivity index (χ0n) is 14.9. The molecule has 4 rings (SSSR count). The highest BCUT2D eigenvalue weighted by molar-refractivity contribution is 5.96. The SMILES string of the molecule is O=C(NCc1nncn1-c1ccc(F)cc1)c1cccnc1OC1CCOC1. The Kier molecular flexibility index (Phi) is 5.24. The summed E-state index contributed by atoms with van der Waals surface area (Å²) in [4.78, 5) is 16.8. The molecule has 1 saturated heterocycles. The largest absolute Gasteiger partial charge is 0.471 e. The molecule has 0 bridgehead atoms. The van der Waals surface area contributed by atoms with Gasteiger partial charge in [0.1, 0.15) is 23.8 Å². The highest BCUT2D eigenvalue weighted by atomic mass is 19.1. The fourth-order valence-corrected chi connectivity index (χ4v) is 2.87. The van der Waals surface area contributed by atoms with Crippen molar-refractivity contribution in [1.29, 1.82) is 0 Å². The van der Waals surface area contributed by atoms with Crippen LogP contribution in [-0.2, 0) is 11.3 Å². The van der Waals surface area contributed by atoms with E-state index in [9.17, 15) is 9.18 Å². The predicted octanol–water partition coefficient (Wildman–Crippen LogP) is 1.90. The number of ether oxygens (including phenoxy) is 2. The third-order valence-corrected chi connectivity index (χ3v) is 4.31. The van der Waals surface area contributed by atoms with Gasteiger partial charge in [0.15, 0.2) is 5.82 Å². The van der Waals surface area contributed by atoms with Crippen molar-refractivity contribution in [1.82, 2.24) is 25.1 Å². The Morgan fingerprint density at radius 3 is 2.96 bits per heavy atom. The number of halogens is 1. The zero-order valence-corrected chi connectivity index (χ0v) is 14.9. The molecular formula is C19H18FN5O3. The average Bonchev–Trinajstić information content (AvgIpc) is 3.39. The van der Waals surface area contributed by atoms with Crippen LogP contribution in [0.25, 0.3) is 5.69 Å². The van der Waals surface area contributed by atoms with Gasteiger partial charge in [0.2, 0.25) is 5.88 Å². The number of pyridine rings is 1. The molecule has 3 aromatic rings. The molecule has 0 saturated carbocycles. The normalized spacial score (nSPS) is 16.1. The maximum Gasteiger partial charge on any atom is 0.257 e. The van der Waals surface area contributed by atoms with E-state index >= 15 is 0 Å². The molecule has 3 heterocycles. The zero-order chi connectivity index (χ0) is 19.3. The molecule has 1 atom stereocenters. The van der Waals surface area contributed by atoms with E-state index < -0.39 is 0 Å². The van der Waals surface area contributed by atoms with Crippen LogP contribution in [0.5, 0.6) is 5.88 Å². The summed E-state index contributed by atoms with van der Waals surface area (Å²) < 4.78 is 25.9. The standard InChI is InChI=1S/C19H18FN5O3/c20-13-3-5-14(6-4-13)25-12-23-24-17(25)10-22-18(26)16-2-1-8-21-19(16)28-15-7-9-27-11-15/h1-6,8,12,15H,7,9-11H2,(H,22,26). The molecular weight excluding hydrogens is 365 g/mol. The van der Waals surface area contributed by atoms with Gasteiger partial charge in [-0.25, -0.2) is 9.37 Å². The van der Waals surface area contributed by atoms with Crippen LogP contribution in [0.1, 0.15) is 22.6 Å². The van der Waals surface area contributed by atoms with Crippen molar-refractivity contribution in [3.8, 4) is 11.6 Å². The highest BCUT2D eigenvalue weighted by Gasteiger charge is 2.21. The van der Waals surface area contributed by atoms with E-state index in [4.69, 9.17) is 9.47 Å². The van der Waals surface area contributed by atoms with Gasteiger partial charge < -0.3 is 14.8 Å². The lowest BCUT2D eigenvalue weighted by Crippen LogP contribution is -2.26. The Morgan fingerprint density at radius 2 is 2.18 bits per heavy atom. The van der Waals surface area contributed by atoms with E-state index in [0.29, 0.717) is 30.3 Å². The third kappa shape index (κ3) is 3.99. The number of benzene rings is 1. The molecule has 1 amide bonds. The summed E-state index contributed by atoms with van der Waals surface area (Å²) in [5.74, 6) is 0.116. The van der Waals surface area contributed by atoms with E-state index in [0.717, 1.165) is 6.42 Å². The number of carbonyl (C=O) groups is 1. The number of amides is 1. The van der Waals surface area contributed by atoms with Crippen molar-refractivity contribution < 1.29 is 18.7 Å². The lowest BCUT2D eigenvalue weighted by molar-refractivity contribution is 0.0936. The number of carbonyl (C=O) groups excluding carboxylic acids is 1. The minimum absolute atomic E-state index is 0.108. The van der Waals surface area contributed by atoms with Crippen LogP contribution in [0.15, 0.2) is 48.9 Å². The van der Waals surface area contributed by atoms with Gasteiger partial charge in [0, 0.05) is 18.3 Å². The van der Waals surface area contributed by atoms with E-state index in [1.54, 1.807) is 35.0 Å². The van der Waals surface area contributed by atoms with E-state index in [-0.39, 0.29) is 30.3 Å². The molecule has 1 unspecified atom stereocenters. The molecule has 1 aliphatic rings. The Hall–Kier alpha value is -3.33. The second-order valence-corrected chi connectivity index (χ2v) is 6.24. The van der Waals surface area contributed by atoms with Gasteiger partial charge in [-0.15, -0.1) is 10.2 Å². The van der Waals surface area contributed by atoms with Gasteiger partial charge in [0.05, 0.1) is 19.8 Å². The smallest absolute Gasteiger partial charge is 0.257 e. The number of nitrogens with one attached hydrogen (secondary N) is 1. The molecule has 8 nitrogen and oxygen atoms in total. The molecule has 2 aromatic heterocycles. The summed E-state index contributed by atoms with van der Waals surface area (Å²) in [7, 11) is 0. The molecule has 1 aromatic carbocycles. The monoisotopic (exact) mass is 383 g/mol. The summed E-state index contributed by atoms with van der Waals surface area (Å²) >= 11 is 0. The van der Waals surface area contributed by atoms with Crippen LogP contribution in [-0.4, -0.2) is 45.0 Å². The maximum absolute atomic E-state index is 13.1. The lowest BCUT2D eigenvalue weighted by Gasteiger charge is -2.14. The minimum atomic E-state index is -0.337. The van der Waals surface area contributed by atoms with Crippen LogP contribution in [0.3, 0.4) is 0 Å². The Labute approximate surface area is 160 Å². The molecule has 144 valence electrons. The van der Waals surface area contributed by atoms with Crippen molar-refractivity contribution in [3.05, 3.63) is 66.1 Å². The van der Waals surface area contributed by atoms with Crippen molar-refractivity contribution in [2.75, 3.05) is 13.2 Å². The van der Waals surface area contributed by atoms with E-state index in [2.05, 4.69) is 20.5 Å². The molecule has 0 aliphatic carbocycles. The van der Waals surface area contributed by atoms with Crippen molar-refractivity contribution in [2.45, 2.75) is 19.1 Å². The van der Waals surface area contributed by atoms with Crippen LogP contribution in [0, 0.1) is 5.82 Å². The maximum atomic E-state index is 13.1. The van der Waals surface area contributed by atoms with Crippen LogP contribution < -0.4 is 10.1 Å². The Balaban J connectivity index is 1.46. The van der Waals surface area contributed by atoms with Gasteiger partial charge >= 0.3 is 0 Å². The number of rotatable bonds is 6. The first-order valence-corrected chi connectivity index (χ1v) is 8.83. The Morgan fingerprint density at radius 1 is 1.32 bits per heavy atom. The fourth-order valence-electron chi connectivity index (χ4n) is 2.87. The number of aromatic nitrogens is 4. The molecule has 0 radical (unpaired) electrons. The van der Waals surface area contributed by atoms with Gasteiger partial charge in [-0.2, -0.15) is 0 Å². The second-order valence-electron chi connectivity index (χ2n) is 6.24. The van der Waals surface area contributed by atoms with Crippen molar-refractivity contribution >= 4 is 5.91 Å². The van der Waals surface area contributed by atoms with Gasteiger partial charge in [-0.3, -0.25) is 9.36 Å². The van der Waals surface area contributed by atoms with Crippen LogP contribution in [0.4, 0.5) is 4.39 Å². The number of hydrogen-bond acceptors (Lipinski definition) is 6. The molecule has 28 heavy (non-hydrogen) atoms. The highest BCUT2D eigenvalue weighted by Crippen LogP contribution is 2.19. The minimum Gasteiger partial charge on any atom is -0.471 e. The first-order chi connectivity index (χ1) is 13.7. The molecule has 1 fully saturated rings. The van der Waals surface area contributed by atoms with Crippen LogP contribution >= 0.6 is 0 Å².